The SMILES string of the molecule is O=C(O)C1CS(=O)CC(C23CC4CC(CC(C4)C2)C3)N1. The predicted molar refractivity (Wildman–Crippen MR) is 76.8 cm³/mol. The van der Waals surface area contributed by atoms with Crippen molar-refractivity contribution in [2.24, 2.45) is 23.2 Å². The van der Waals surface area contributed by atoms with Gasteiger partial charge in [0, 0.05) is 28.3 Å². The quantitative estimate of drug-likeness (QED) is 0.808. The van der Waals surface area contributed by atoms with Crippen LogP contribution in [0.15, 0.2) is 0 Å². The Morgan fingerprint density at radius 1 is 1.05 bits per heavy atom. The monoisotopic (exact) mass is 297 g/mol. The molecule has 5 fully saturated rings. The fourth-order valence-electron chi connectivity index (χ4n) is 5.88. The van der Waals surface area contributed by atoms with E-state index in [4.69, 9.17) is 0 Å². The molecule has 5 rings (SSSR count). The molecule has 0 spiro atoms. The van der Waals surface area contributed by atoms with Gasteiger partial charge >= 0.3 is 5.97 Å². The third-order valence-electron chi connectivity index (χ3n) is 6.23. The topological polar surface area (TPSA) is 66.4 Å². The van der Waals surface area contributed by atoms with Crippen LogP contribution in [0.3, 0.4) is 0 Å². The van der Waals surface area contributed by atoms with Crippen molar-refractivity contribution in [3.63, 3.8) is 0 Å². The Morgan fingerprint density at radius 2 is 1.60 bits per heavy atom. The molecule has 4 bridgehead atoms. The van der Waals surface area contributed by atoms with Gasteiger partial charge in [-0.15, -0.1) is 0 Å². The third kappa shape index (κ3) is 2.05. The summed E-state index contributed by atoms with van der Waals surface area (Å²) in [6, 6.07) is -0.450. The van der Waals surface area contributed by atoms with Gasteiger partial charge in [0.05, 0.1) is 0 Å². The maximum atomic E-state index is 12.1. The molecule has 4 nitrogen and oxygen atoms in total. The average Bonchev–Trinajstić information content (AvgIpc) is 2.36. The molecule has 1 saturated heterocycles. The number of hydrogen-bond acceptors (Lipinski definition) is 3. The van der Waals surface area contributed by atoms with Gasteiger partial charge in [0.2, 0.25) is 0 Å². The smallest absolute Gasteiger partial charge is 0.321 e. The minimum absolute atomic E-state index is 0.159. The summed E-state index contributed by atoms with van der Waals surface area (Å²) >= 11 is 0. The highest BCUT2D eigenvalue weighted by atomic mass is 32.2. The Morgan fingerprint density at radius 3 is 2.10 bits per heavy atom. The van der Waals surface area contributed by atoms with Gasteiger partial charge in [-0.2, -0.15) is 0 Å². The molecule has 0 amide bonds. The number of rotatable bonds is 2. The van der Waals surface area contributed by atoms with Crippen LogP contribution in [-0.2, 0) is 15.6 Å². The minimum atomic E-state index is -0.977. The number of aliphatic carboxylic acids is 1. The first-order chi connectivity index (χ1) is 9.54. The highest BCUT2D eigenvalue weighted by molar-refractivity contribution is 7.85. The van der Waals surface area contributed by atoms with Crippen molar-refractivity contribution in [2.45, 2.75) is 50.6 Å². The van der Waals surface area contributed by atoms with E-state index in [2.05, 4.69) is 5.32 Å². The molecule has 4 aliphatic carbocycles. The largest absolute Gasteiger partial charge is 0.480 e. The summed E-state index contributed by atoms with van der Waals surface area (Å²) in [7, 11) is -0.977. The van der Waals surface area contributed by atoms with E-state index in [1.165, 1.54) is 38.5 Å². The summed E-state index contributed by atoms with van der Waals surface area (Å²) in [4.78, 5) is 11.3. The number of carboxylic acid groups (broad SMARTS) is 1. The Balaban J connectivity index is 1.60. The van der Waals surface area contributed by atoms with Gasteiger partial charge in [-0.05, 0) is 61.7 Å². The van der Waals surface area contributed by atoms with E-state index in [9.17, 15) is 14.1 Å². The number of carbonyl (C=O) groups is 1. The van der Waals surface area contributed by atoms with Gasteiger partial charge in [0.1, 0.15) is 6.04 Å². The van der Waals surface area contributed by atoms with Gasteiger partial charge in [0.25, 0.3) is 0 Å². The van der Waals surface area contributed by atoms with Crippen molar-refractivity contribution in [1.82, 2.24) is 5.32 Å². The van der Waals surface area contributed by atoms with Crippen LogP contribution in [0.2, 0.25) is 0 Å². The van der Waals surface area contributed by atoms with Crippen molar-refractivity contribution < 1.29 is 14.1 Å². The summed E-state index contributed by atoms with van der Waals surface area (Å²) in [6.07, 6.45) is 7.87. The molecule has 0 aromatic heterocycles. The molecule has 1 aliphatic heterocycles. The van der Waals surface area contributed by atoms with Crippen LogP contribution in [0.4, 0.5) is 0 Å². The molecule has 5 aliphatic rings. The first kappa shape index (κ1) is 13.3. The molecule has 0 radical (unpaired) electrons. The lowest BCUT2D eigenvalue weighted by Crippen LogP contribution is -2.63. The minimum Gasteiger partial charge on any atom is -0.480 e. The van der Waals surface area contributed by atoms with Crippen LogP contribution in [0, 0.1) is 23.2 Å². The van der Waals surface area contributed by atoms with Gasteiger partial charge in [-0.25, -0.2) is 0 Å². The zero-order chi connectivity index (χ0) is 13.9. The summed E-state index contributed by atoms with van der Waals surface area (Å²) in [5.41, 5.74) is 0.249. The molecule has 3 atom stereocenters. The molecule has 2 N–H and O–H groups in total. The maximum Gasteiger partial charge on any atom is 0.321 e. The predicted octanol–water partition coefficient (Wildman–Crippen LogP) is 1.38. The van der Waals surface area contributed by atoms with Gasteiger partial charge in [-0.1, -0.05) is 0 Å². The van der Waals surface area contributed by atoms with E-state index in [1.54, 1.807) is 0 Å². The summed E-state index contributed by atoms with van der Waals surface area (Å²) in [5, 5.41) is 12.6. The number of hydrogen-bond donors (Lipinski definition) is 2. The molecule has 5 heteroatoms. The van der Waals surface area contributed by atoms with Gasteiger partial charge < -0.3 is 5.11 Å². The standard InChI is InChI=1S/C15H23NO3S/c17-14(18)12-7-20(19)8-13(16-12)15-4-9-1-10(5-15)3-11(2-9)6-15/h9-13,16H,1-8H2,(H,17,18). The fraction of sp³-hybridized carbons (Fsp3) is 0.933. The highest BCUT2D eigenvalue weighted by Crippen LogP contribution is 2.61. The molecule has 3 unspecified atom stereocenters. The Kier molecular flexibility index (Phi) is 3.01. The first-order valence-electron chi connectivity index (χ1n) is 7.88. The normalized spacial score (nSPS) is 54.0. The van der Waals surface area contributed by atoms with Gasteiger partial charge in [0.15, 0.2) is 0 Å². The van der Waals surface area contributed by atoms with Crippen LogP contribution in [-0.4, -0.2) is 38.9 Å². The summed E-state index contributed by atoms with van der Waals surface area (Å²) < 4.78 is 12.1. The van der Waals surface area contributed by atoms with Crippen molar-refractivity contribution in [3.8, 4) is 0 Å². The van der Waals surface area contributed by atoms with E-state index >= 15 is 0 Å². The molecule has 0 aromatic rings. The van der Waals surface area contributed by atoms with Crippen molar-refractivity contribution in [3.05, 3.63) is 0 Å². The molecule has 20 heavy (non-hydrogen) atoms. The lowest BCUT2D eigenvalue weighted by molar-refractivity contribution is -0.140. The van der Waals surface area contributed by atoms with Crippen molar-refractivity contribution in [1.29, 1.82) is 0 Å². The zero-order valence-electron chi connectivity index (χ0n) is 11.7. The van der Waals surface area contributed by atoms with E-state index in [0.29, 0.717) is 5.75 Å². The summed E-state index contributed by atoms with van der Waals surface area (Å²) in [5.74, 6) is 2.64. The third-order valence-corrected chi connectivity index (χ3v) is 7.64. The molecule has 112 valence electrons. The summed E-state index contributed by atoms with van der Waals surface area (Å²) in [6.45, 7) is 0. The fourth-order valence-corrected chi connectivity index (χ4v) is 7.45. The maximum absolute atomic E-state index is 12.1. The van der Waals surface area contributed by atoms with Crippen LogP contribution >= 0.6 is 0 Å². The molecule has 0 aromatic carbocycles. The lowest BCUT2D eigenvalue weighted by Gasteiger charge is -2.60. The van der Waals surface area contributed by atoms with E-state index in [0.717, 1.165) is 17.8 Å². The van der Waals surface area contributed by atoms with E-state index < -0.39 is 22.8 Å². The zero-order valence-corrected chi connectivity index (χ0v) is 12.5. The second-order valence-electron chi connectivity index (χ2n) is 7.66. The highest BCUT2D eigenvalue weighted by Gasteiger charge is 2.55. The first-order valence-corrected chi connectivity index (χ1v) is 9.37. The van der Waals surface area contributed by atoms with Crippen molar-refractivity contribution >= 4 is 16.8 Å². The molecule has 4 saturated carbocycles. The van der Waals surface area contributed by atoms with E-state index in [-0.39, 0.29) is 17.2 Å². The van der Waals surface area contributed by atoms with E-state index in [1.807, 2.05) is 0 Å². The van der Waals surface area contributed by atoms with Crippen LogP contribution < -0.4 is 5.32 Å². The van der Waals surface area contributed by atoms with Gasteiger partial charge in [-0.3, -0.25) is 14.3 Å². The van der Waals surface area contributed by atoms with Crippen LogP contribution in [0.1, 0.15) is 38.5 Å². The number of carboxylic acids is 1. The lowest BCUT2D eigenvalue weighted by atomic mass is 9.48. The molecular weight excluding hydrogens is 274 g/mol. The molecular formula is C15H23NO3S. The number of nitrogens with one attached hydrogen (secondary N) is 1. The Bertz CT molecular complexity index is 429. The van der Waals surface area contributed by atoms with Crippen molar-refractivity contribution in [2.75, 3.05) is 11.5 Å². The van der Waals surface area contributed by atoms with Crippen LogP contribution in [0.5, 0.6) is 0 Å². The second kappa shape index (κ2) is 4.54. The Hall–Kier alpha value is -0.420. The second-order valence-corrected chi connectivity index (χ2v) is 9.21. The Labute approximate surface area is 122 Å². The van der Waals surface area contributed by atoms with Crippen LogP contribution in [0.25, 0.3) is 0 Å². The molecule has 1 heterocycles. The average molecular weight is 297 g/mol.